The summed E-state index contributed by atoms with van der Waals surface area (Å²) in [7, 11) is 0. The summed E-state index contributed by atoms with van der Waals surface area (Å²) in [5.41, 5.74) is 0.768. The molecule has 1 aromatic heterocycles. The number of hydrogen-bond acceptors (Lipinski definition) is 4. The van der Waals surface area contributed by atoms with E-state index in [1.807, 2.05) is 0 Å². The molecule has 8 heteroatoms. The van der Waals surface area contributed by atoms with Crippen LogP contribution in [0.4, 0.5) is 17.6 Å². The number of aliphatic hydroxyl groups excluding tert-OH is 1. The molecule has 0 saturated carbocycles. The molecule has 108 valence electrons. The summed E-state index contributed by atoms with van der Waals surface area (Å²) in [6.45, 7) is 1.53. The molecule has 0 aliphatic carbocycles. The van der Waals surface area contributed by atoms with Gasteiger partial charge in [-0.25, -0.2) is 4.39 Å². The van der Waals surface area contributed by atoms with Crippen LogP contribution in [0.5, 0.6) is 0 Å². The van der Waals surface area contributed by atoms with Crippen LogP contribution < -0.4 is 0 Å². The van der Waals surface area contributed by atoms with Crippen molar-refractivity contribution in [3.8, 4) is 11.4 Å². The van der Waals surface area contributed by atoms with Crippen molar-refractivity contribution in [3.63, 3.8) is 0 Å². The van der Waals surface area contributed by atoms with E-state index in [0.717, 1.165) is 0 Å². The molecule has 1 aromatic carbocycles. The van der Waals surface area contributed by atoms with Gasteiger partial charge in [0.15, 0.2) is 6.10 Å². The fourth-order valence-corrected chi connectivity index (χ4v) is 1.52. The van der Waals surface area contributed by atoms with Crippen molar-refractivity contribution in [3.05, 3.63) is 35.5 Å². The van der Waals surface area contributed by atoms with Gasteiger partial charge >= 0.3 is 6.18 Å². The highest BCUT2D eigenvalue weighted by Gasteiger charge is 2.39. The van der Waals surface area contributed by atoms with E-state index in [1.165, 1.54) is 25.1 Å². The van der Waals surface area contributed by atoms with Gasteiger partial charge in [0.2, 0.25) is 11.7 Å². The van der Waals surface area contributed by atoms with E-state index < -0.39 is 24.5 Å². The van der Waals surface area contributed by atoms with Gasteiger partial charge in [-0.2, -0.15) is 18.2 Å². The van der Waals surface area contributed by atoms with E-state index in [-0.39, 0.29) is 11.7 Å². The minimum atomic E-state index is -4.75. The topological polar surface area (TPSA) is 59.2 Å². The molecular formula is C12H10F4N2O2. The Kier molecular flexibility index (Phi) is 3.76. The lowest BCUT2D eigenvalue weighted by Gasteiger charge is -2.11. The third kappa shape index (κ3) is 3.13. The van der Waals surface area contributed by atoms with Gasteiger partial charge in [0, 0.05) is 5.56 Å². The molecule has 2 rings (SSSR count). The average molecular weight is 290 g/mol. The first kappa shape index (κ1) is 14.4. The highest BCUT2D eigenvalue weighted by Crippen LogP contribution is 2.24. The maximum atomic E-state index is 13.1. The first-order valence-electron chi connectivity index (χ1n) is 5.61. The van der Waals surface area contributed by atoms with Gasteiger partial charge < -0.3 is 9.63 Å². The number of rotatable bonds is 3. The van der Waals surface area contributed by atoms with Crippen molar-refractivity contribution in [2.24, 2.45) is 0 Å². The van der Waals surface area contributed by atoms with Crippen molar-refractivity contribution in [2.45, 2.75) is 25.6 Å². The summed E-state index contributed by atoms with van der Waals surface area (Å²) < 4.78 is 54.3. The lowest BCUT2D eigenvalue weighted by Crippen LogP contribution is -2.30. The zero-order valence-electron chi connectivity index (χ0n) is 10.3. The first-order valence-corrected chi connectivity index (χ1v) is 5.61. The largest absolute Gasteiger partial charge is 0.414 e. The monoisotopic (exact) mass is 290 g/mol. The summed E-state index contributed by atoms with van der Waals surface area (Å²) in [4.78, 5) is 3.74. The maximum absolute atomic E-state index is 13.1. The van der Waals surface area contributed by atoms with E-state index in [4.69, 9.17) is 5.11 Å². The Labute approximate surface area is 111 Å². The van der Waals surface area contributed by atoms with Crippen LogP contribution in [0.3, 0.4) is 0 Å². The van der Waals surface area contributed by atoms with E-state index in [9.17, 15) is 17.6 Å². The first-order chi connectivity index (χ1) is 9.27. The number of benzene rings is 1. The zero-order chi connectivity index (χ0) is 14.9. The zero-order valence-corrected chi connectivity index (χ0v) is 10.3. The molecule has 0 aliphatic rings. The van der Waals surface area contributed by atoms with E-state index in [0.29, 0.717) is 11.1 Å². The highest BCUT2D eigenvalue weighted by molar-refractivity contribution is 5.55. The fourth-order valence-electron chi connectivity index (χ4n) is 1.52. The molecule has 1 atom stereocenters. The van der Waals surface area contributed by atoms with Crippen LogP contribution >= 0.6 is 0 Å². The molecule has 1 unspecified atom stereocenters. The van der Waals surface area contributed by atoms with E-state index in [1.54, 1.807) is 0 Å². The number of nitrogens with zero attached hydrogens (tertiary/aromatic N) is 2. The Hall–Kier alpha value is -1.96. The van der Waals surface area contributed by atoms with Gasteiger partial charge in [0.25, 0.3) is 0 Å². The molecule has 0 aliphatic heterocycles. The van der Waals surface area contributed by atoms with Gasteiger partial charge in [0.1, 0.15) is 5.82 Å². The minimum Gasteiger partial charge on any atom is -0.383 e. The number of aryl methyl sites for hydroxylation is 1. The highest BCUT2D eigenvalue weighted by atomic mass is 19.4. The van der Waals surface area contributed by atoms with Crippen LogP contribution in [-0.4, -0.2) is 27.5 Å². The molecule has 1 heterocycles. The second-order valence-corrected chi connectivity index (χ2v) is 4.24. The van der Waals surface area contributed by atoms with Crippen LogP contribution in [-0.2, 0) is 6.42 Å². The molecule has 0 radical (unpaired) electrons. The van der Waals surface area contributed by atoms with E-state index >= 15 is 0 Å². The Morgan fingerprint density at radius 3 is 2.65 bits per heavy atom. The number of hydrogen-bond donors (Lipinski definition) is 1. The molecule has 0 amide bonds. The van der Waals surface area contributed by atoms with Crippen molar-refractivity contribution in [1.29, 1.82) is 0 Å². The third-order valence-corrected chi connectivity index (χ3v) is 2.63. The van der Waals surface area contributed by atoms with Gasteiger partial charge in [-0.15, -0.1) is 0 Å². The Balaban J connectivity index is 2.18. The molecule has 0 fully saturated rings. The molecule has 0 saturated heterocycles. The van der Waals surface area contributed by atoms with Crippen molar-refractivity contribution < 1.29 is 27.2 Å². The predicted octanol–water partition coefficient (Wildman–Crippen LogP) is 2.65. The van der Waals surface area contributed by atoms with Gasteiger partial charge in [-0.3, -0.25) is 0 Å². The maximum Gasteiger partial charge on any atom is 0.414 e. The SMILES string of the molecule is Cc1cc(-c2noc(CC(O)C(F)(F)F)n2)ccc1F. The Morgan fingerprint density at radius 2 is 2.05 bits per heavy atom. The lowest BCUT2D eigenvalue weighted by atomic mass is 10.1. The average Bonchev–Trinajstić information content (AvgIpc) is 2.80. The predicted molar refractivity (Wildman–Crippen MR) is 60.2 cm³/mol. The van der Waals surface area contributed by atoms with Gasteiger partial charge in [-0.1, -0.05) is 5.16 Å². The Morgan fingerprint density at radius 1 is 1.35 bits per heavy atom. The van der Waals surface area contributed by atoms with Crippen LogP contribution in [0.15, 0.2) is 22.7 Å². The van der Waals surface area contributed by atoms with Crippen LogP contribution in [0.1, 0.15) is 11.5 Å². The van der Waals surface area contributed by atoms with Gasteiger partial charge in [-0.05, 0) is 30.7 Å². The standard InChI is InChI=1S/C12H10F4N2O2/c1-6-4-7(2-3-8(6)13)11-17-10(20-18-11)5-9(19)12(14,15)16/h2-4,9,19H,5H2,1H3. The number of alkyl halides is 3. The lowest BCUT2D eigenvalue weighted by molar-refractivity contribution is -0.204. The van der Waals surface area contributed by atoms with Gasteiger partial charge in [0.05, 0.1) is 6.42 Å². The molecule has 2 aromatic rings. The quantitative estimate of drug-likeness (QED) is 0.883. The third-order valence-electron chi connectivity index (χ3n) is 2.63. The van der Waals surface area contributed by atoms with Crippen LogP contribution in [0, 0.1) is 12.7 Å². The molecule has 0 spiro atoms. The number of halogens is 4. The summed E-state index contributed by atoms with van der Waals surface area (Å²) in [5, 5.41) is 12.4. The van der Waals surface area contributed by atoms with Crippen LogP contribution in [0.2, 0.25) is 0 Å². The van der Waals surface area contributed by atoms with Crippen molar-refractivity contribution >= 4 is 0 Å². The van der Waals surface area contributed by atoms with Crippen LogP contribution in [0.25, 0.3) is 11.4 Å². The molecule has 20 heavy (non-hydrogen) atoms. The van der Waals surface area contributed by atoms with Crippen molar-refractivity contribution in [1.82, 2.24) is 10.1 Å². The summed E-state index contributed by atoms with van der Waals surface area (Å²) in [6.07, 6.45) is -8.14. The smallest absolute Gasteiger partial charge is 0.383 e. The second kappa shape index (κ2) is 5.20. The second-order valence-electron chi connectivity index (χ2n) is 4.24. The Bertz CT molecular complexity index is 610. The molecule has 1 N–H and O–H groups in total. The summed E-state index contributed by atoms with van der Waals surface area (Å²) in [6, 6.07) is 4.03. The molecular weight excluding hydrogens is 280 g/mol. The van der Waals surface area contributed by atoms with E-state index in [2.05, 4.69) is 14.7 Å². The molecule has 4 nitrogen and oxygen atoms in total. The normalized spacial score (nSPS) is 13.5. The van der Waals surface area contributed by atoms with Crippen molar-refractivity contribution in [2.75, 3.05) is 0 Å². The summed E-state index contributed by atoms with van der Waals surface area (Å²) in [5.74, 6) is -0.714. The fraction of sp³-hybridized carbons (Fsp3) is 0.333. The minimum absolute atomic E-state index is 0.0393. The summed E-state index contributed by atoms with van der Waals surface area (Å²) >= 11 is 0. The number of aliphatic hydroxyl groups is 1. The molecule has 0 bridgehead atoms. The number of aromatic nitrogens is 2.